The molecule has 0 radical (unpaired) electrons. The average molecular weight is 385 g/mol. The summed E-state index contributed by atoms with van der Waals surface area (Å²) in [5.74, 6) is 0. The van der Waals surface area contributed by atoms with Gasteiger partial charge in [0.05, 0.1) is 4.90 Å². The van der Waals surface area contributed by atoms with E-state index in [4.69, 9.17) is 0 Å². The molecule has 0 unspecified atom stereocenters. The molecule has 2 N–H and O–H groups in total. The van der Waals surface area contributed by atoms with Gasteiger partial charge >= 0.3 is 0 Å². The molecule has 6 heteroatoms. The quantitative estimate of drug-likeness (QED) is 0.708. The first-order chi connectivity index (χ1) is 12.7. The molecule has 27 heavy (non-hydrogen) atoms. The van der Waals surface area contributed by atoms with Crippen molar-refractivity contribution in [1.82, 2.24) is 9.71 Å². The Morgan fingerprint density at radius 2 is 1.67 bits per heavy atom. The third-order valence-corrected chi connectivity index (χ3v) is 6.31. The molecule has 0 atom stereocenters. The third-order valence-electron chi connectivity index (χ3n) is 4.71. The van der Waals surface area contributed by atoms with Crippen molar-refractivity contribution in [3.63, 3.8) is 0 Å². The van der Waals surface area contributed by atoms with Crippen molar-refractivity contribution in [2.45, 2.75) is 39.0 Å². The van der Waals surface area contributed by atoms with Crippen molar-refractivity contribution in [3.8, 4) is 0 Å². The van der Waals surface area contributed by atoms with Gasteiger partial charge < -0.3 is 4.98 Å². The first-order valence-corrected chi connectivity index (χ1v) is 10.4. The zero-order chi connectivity index (χ0) is 19.8. The van der Waals surface area contributed by atoms with Gasteiger partial charge in [0.25, 0.3) is 5.56 Å². The molecule has 0 saturated heterocycles. The van der Waals surface area contributed by atoms with Crippen molar-refractivity contribution in [2.75, 3.05) is 6.54 Å². The molecular formula is C21H24N2O3S. The second kappa shape index (κ2) is 7.29. The number of aryl methyl sites for hydroxylation is 4. The highest BCUT2D eigenvalue weighted by Crippen LogP contribution is 2.19. The lowest BCUT2D eigenvalue weighted by Gasteiger charge is -2.11. The summed E-state index contributed by atoms with van der Waals surface area (Å²) in [6.07, 6.45) is 0.322. The van der Waals surface area contributed by atoms with Gasteiger partial charge in [0, 0.05) is 23.0 Å². The normalized spacial score (nSPS) is 11.9. The van der Waals surface area contributed by atoms with Crippen LogP contribution in [0.15, 0.2) is 46.1 Å². The van der Waals surface area contributed by atoms with Crippen LogP contribution in [-0.4, -0.2) is 19.9 Å². The Kier molecular flexibility index (Phi) is 5.22. The first kappa shape index (κ1) is 19.3. The van der Waals surface area contributed by atoms with Crippen LogP contribution < -0.4 is 10.3 Å². The molecule has 1 aromatic heterocycles. The molecule has 3 rings (SSSR count). The largest absolute Gasteiger partial charge is 0.322 e. The van der Waals surface area contributed by atoms with Crippen molar-refractivity contribution in [1.29, 1.82) is 0 Å². The van der Waals surface area contributed by atoms with Gasteiger partial charge in [0.1, 0.15) is 0 Å². The van der Waals surface area contributed by atoms with Crippen LogP contribution in [-0.2, 0) is 16.4 Å². The first-order valence-electron chi connectivity index (χ1n) is 8.87. The molecular weight excluding hydrogens is 360 g/mol. The fourth-order valence-electron chi connectivity index (χ4n) is 3.30. The summed E-state index contributed by atoms with van der Waals surface area (Å²) in [5.41, 5.74) is 4.94. The fourth-order valence-corrected chi connectivity index (χ4v) is 4.66. The number of sulfonamides is 1. The second-order valence-electron chi connectivity index (χ2n) is 7.08. The minimum Gasteiger partial charge on any atom is -0.322 e. The van der Waals surface area contributed by atoms with Crippen molar-refractivity contribution >= 4 is 20.9 Å². The maximum Gasteiger partial charge on any atom is 0.251 e. The van der Waals surface area contributed by atoms with E-state index in [1.165, 1.54) is 0 Å². The summed E-state index contributed by atoms with van der Waals surface area (Å²) in [6, 6.07) is 11.2. The van der Waals surface area contributed by atoms with Crippen molar-refractivity contribution in [2.24, 2.45) is 0 Å². The number of fused-ring (bicyclic) bond motifs is 1. The van der Waals surface area contributed by atoms with Gasteiger partial charge in [-0.1, -0.05) is 18.2 Å². The maximum atomic E-state index is 12.6. The predicted octanol–water partition coefficient (Wildman–Crippen LogP) is 3.28. The van der Waals surface area contributed by atoms with E-state index in [0.717, 1.165) is 27.6 Å². The highest BCUT2D eigenvalue weighted by molar-refractivity contribution is 7.89. The number of benzene rings is 2. The number of nitrogens with one attached hydrogen (secondary N) is 2. The van der Waals surface area contributed by atoms with E-state index >= 15 is 0 Å². The number of rotatable bonds is 5. The monoisotopic (exact) mass is 384 g/mol. The molecule has 0 aliphatic rings. The van der Waals surface area contributed by atoms with E-state index in [1.54, 1.807) is 19.1 Å². The summed E-state index contributed by atoms with van der Waals surface area (Å²) in [5, 5.41) is 0.979. The van der Waals surface area contributed by atoms with Crippen LogP contribution in [0.4, 0.5) is 0 Å². The maximum absolute atomic E-state index is 12.6. The number of hydrogen-bond acceptors (Lipinski definition) is 3. The molecule has 0 aliphatic heterocycles. The molecule has 5 nitrogen and oxygen atoms in total. The third kappa shape index (κ3) is 4.12. The SMILES string of the molecule is Cc1ccc(C)c(S(=O)(=O)NCCc2cc3c(C)cc(C)cc3[nH]c2=O)c1. The van der Waals surface area contributed by atoms with Gasteiger partial charge in [-0.2, -0.15) is 0 Å². The van der Waals surface area contributed by atoms with Crippen LogP contribution in [0.3, 0.4) is 0 Å². The Balaban J connectivity index is 1.82. The molecule has 0 bridgehead atoms. The molecule has 0 spiro atoms. The molecule has 0 amide bonds. The van der Waals surface area contributed by atoms with Gasteiger partial charge in [-0.05, 0) is 74.6 Å². The van der Waals surface area contributed by atoms with Gasteiger partial charge in [-0.25, -0.2) is 13.1 Å². The summed E-state index contributed by atoms with van der Waals surface area (Å²) in [6.45, 7) is 7.78. The van der Waals surface area contributed by atoms with E-state index in [2.05, 4.69) is 15.8 Å². The molecule has 3 aromatic rings. The Morgan fingerprint density at radius 1 is 0.926 bits per heavy atom. The Bertz CT molecular complexity index is 1180. The van der Waals surface area contributed by atoms with E-state index in [-0.39, 0.29) is 17.0 Å². The Hall–Kier alpha value is -2.44. The van der Waals surface area contributed by atoms with Crippen LogP contribution in [0.2, 0.25) is 0 Å². The summed E-state index contributed by atoms with van der Waals surface area (Å²) >= 11 is 0. The zero-order valence-electron chi connectivity index (χ0n) is 16.0. The molecule has 0 fully saturated rings. The highest BCUT2D eigenvalue weighted by atomic mass is 32.2. The van der Waals surface area contributed by atoms with E-state index in [9.17, 15) is 13.2 Å². The molecule has 2 aromatic carbocycles. The smallest absolute Gasteiger partial charge is 0.251 e. The lowest BCUT2D eigenvalue weighted by molar-refractivity contribution is 0.581. The van der Waals surface area contributed by atoms with Crippen molar-refractivity contribution in [3.05, 3.63) is 74.6 Å². The van der Waals surface area contributed by atoms with Crippen molar-refractivity contribution < 1.29 is 8.42 Å². The standard InChI is InChI=1S/C21H24N2O3S/c1-13-5-6-15(3)20(11-13)27(25,26)22-8-7-17-12-18-16(4)9-14(2)10-19(18)23-21(17)24/h5-6,9-12,22H,7-8H2,1-4H3,(H,23,24). The highest BCUT2D eigenvalue weighted by Gasteiger charge is 2.16. The Morgan fingerprint density at radius 3 is 2.41 bits per heavy atom. The fraction of sp³-hybridized carbons (Fsp3) is 0.286. The van der Waals surface area contributed by atoms with Crippen LogP contribution >= 0.6 is 0 Å². The Labute approximate surface area is 159 Å². The van der Waals surface area contributed by atoms with Gasteiger partial charge in [-0.3, -0.25) is 4.79 Å². The lowest BCUT2D eigenvalue weighted by atomic mass is 10.0. The van der Waals surface area contributed by atoms with E-state index in [0.29, 0.717) is 17.5 Å². The van der Waals surface area contributed by atoms with Gasteiger partial charge in [0.15, 0.2) is 0 Å². The summed E-state index contributed by atoms with van der Waals surface area (Å²) in [7, 11) is -3.61. The number of aromatic amines is 1. The number of hydrogen-bond donors (Lipinski definition) is 2. The molecule has 1 heterocycles. The zero-order valence-corrected chi connectivity index (χ0v) is 16.8. The minimum absolute atomic E-state index is 0.162. The molecule has 0 saturated carbocycles. The van der Waals surface area contributed by atoms with Crippen LogP contribution in [0.1, 0.15) is 27.8 Å². The number of pyridine rings is 1. The topological polar surface area (TPSA) is 79.0 Å². The lowest BCUT2D eigenvalue weighted by Crippen LogP contribution is -2.28. The summed E-state index contributed by atoms with van der Waals surface area (Å²) in [4.78, 5) is 15.5. The number of H-pyrrole nitrogens is 1. The van der Waals surface area contributed by atoms with Gasteiger partial charge in [0.2, 0.25) is 10.0 Å². The van der Waals surface area contributed by atoms with Gasteiger partial charge in [-0.15, -0.1) is 0 Å². The van der Waals surface area contributed by atoms with Crippen LogP contribution in [0.25, 0.3) is 10.9 Å². The molecule has 142 valence electrons. The minimum atomic E-state index is -3.61. The van der Waals surface area contributed by atoms with Crippen LogP contribution in [0, 0.1) is 27.7 Å². The number of aromatic nitrogens is 1. The average Bonchev–Trinajstić information content (AvgIpc) is 2.57. The van der Waals surface area contributed by atoms with E-state index < -0.39 is 10.0 Å². The summed E-state index contributed by atoms with van der Waals surface area (Å²) < 4.78 is 27.8. The predicted molar refractivity (Wildman–Crippen MR) is 109 cm³/mol. The molecule has 0 aliphatic carbocycles. The second-order valence-corrected chi connectivity index (χ2v) is 8.82. The van der Waals surface area contributed by atoms with Crippen LogP contribution in [0.5, 0.6) is 0 Å². The van der Waals surface area contributed by atoms with E-state index in [1.807, 2.05) is 39.0 Å².